The van der Waals surface area contributed by atoms with Crippen LogP contribution >= 0.6 is 0 Å². The lowest BCUT2D eigenvalue weighted by Crippen LogP contribution is -2.58. The minimum atomic E-state index is -1.28. The highest BCUT2D eigenvalue weighted by Gasteiger charge is 2.76. The van der Waals surface area contributed by atoms with Crippen LogP contribution in [-0.4, -0.2) is 59.6 Å². The van der Waals surface area contributed by atoms with E-state index in [1.165, 1.54) is 12.0 Å². The van der Waals surface area contributed by atoms with Crippen molar-refractivity contribution in [2.45, 2.75) is 69.4 Å². The molecule has 35 heavy (non-hydrogen) atoms. The largest absolute Gasteiger partial charge is 0.465 e. The minimum absolute atomic E-state index is 0.128. The van der Waals surface area contributed by atoms with Crippen LogP contribution in [0.25, 0.3) is 0 Å². The van der Waals surface area contributed by atoms with Gasteiger partial charge in [0.2, 0.25) is 17.7 Å². The summed E-state index contributed by atoms with van der Waals surface area (Å²) in [6.07, 6.45) is 5.44. The molecule has 3 amide bonds. The quantitative estimate of drug-likeness (QED) is 0.489. The fourth-order valence-corrected chi connectivity index (χ4v) is 5.64. The molecule has 9 heteroatoms. The van der Waals surface area contributed by atoms with Crippen LogP contribution in [0.4, 0.5) is 5.69 Å². The van der Waals surface area contributed by atoms with Crippen LogP contribution in [0.1, 0.15) is 50.9 Å². The number of esters is 1. The van der Waals surface area contributed by atoms with Gasteiger partial charge in [-0.1, -0.05) is 12.2 Å². The predicted molar refractivity (Wildman–Crippen MR) is 126 cm³/mol. The van der Waals surface area contributed by atoms with Gasteiger partial charge in [0.1, 0.15) is 11.6 Å². The summed E-state index contributed by atoms with van der Waals surface area (Å²) in [6, 6.07) is 5.41. The van der Waals surface area contributed by atoms with Gasteiger partial charge in [-0.05, 0) is 64.8 Å². The molecule has 1 saturated carbocycles. The molecule has 3 aliphatic heterocycles. The van der Waals surface area contributed by atoms with E-state index in [1.54, 1.807) is 37.3 Å². The maximum atomic E-state index is 14.0. The number of amides is 3. The Morgan fingerprint density at radius 2 is 1.74 bits per heavy atom. The molecule has 1 aromatic carbocycles. The second-order valence-electron chi connectivity index (χ2n) is 11.1. The smallest absolute Gasteiger partial charge is 0.337 e. The highest BCUT2D eigenvalue weighted by molar-refractivity contribution is 6.10. The fourth-order valence-electron chi connectivity index (χ4n) is 5.64. The average Bonchev–Trinajstić information content (AvgIpc) is 3.40. The maximum absolute atomic E-state index is 14.0. The molecule has 1 spiro atoms. The summed E-state index contributed by atoms with van der Waals surface area (Å²) in [5.41, 5.74) is -2.06. The summed E-state index contributed by atoms with van der Waals surface area (Å²) in [6.45, 7) is 7.39. The van der Waals surface area contributed by atoms with E-state index in [-0.39, 0.29) is 23.8 Å². The zero-order valence-electron chi connectivity index (χ0n) is 20.6. The van der Waals surface area contributed by atoms with E-state index >= 15 is 0 Å². The lowest BCUT2D eigenvalue weighted by Gasteiger charge is -2.35. The number of methoxy groups -OCH3 is 1. The number of benzene rings is 1. The molecule has 0 radical (unpaired) electrons. The van der Waals surface area contributed by atoms with E-state index in [4.69, 9.17) is 9.47 Å². The Morgan fingerprint density at radius 3 is 2.31 bits per heavy atom. The van der Waals surface area contributed by atoms with Gasteiger partial charge in [0.05, 0.1) is 30.1 Å². The van der Waals surface area contributed by atoms with Gasteiger partial charge in [0.15, 0.2) is 0 Å². The Bertz CT molecular complexity index is 1130. The molecule has 0 unspecified atom stereocenters. The highest BCUT2D eigenvalue weighted by atomic mass is 16.5. The van der Waals surface area contributed by atoms with Gasteiger partial charge in [0.25, 0.3) is 0 Å². The first-order valence-electron chi connectivity index (χ1n) is 11.9. The van der Waals surface area contributed by atoms with Gasteiger partial charge >= 0.3 is 5.97 Å². The van der Waals surface area contributed by atoms with Gasteiger partial charge in [-0.3, -0.25) is 19.3 Å². The molecule has 1 aliphatic carbocycles. The molecular formula is C26H31N3O6. The number of hydrogen-bond donors (Lipinski definition) is 2. The number of carbonyl (C=O) groups is 4. The number of anilines is 1. The third kappa shape index (κ3) is 3.64. The monoisotopic (exact) mass is 481 g/mol. The second kappa shape index (κ2) is 7.65. The molecule has 3 fully saturated rings. The summed E-state index contributed by atoms with van der Waals surface area (Å²) in [5, 5.41) is 6.01. The molecule has 1 aromatic rings. The molecule has 2 bridgehead atoms. The Labute approximate surface area is 204 Å². The summed E-state index contributed by atoms with van der Waals surface area (Å²) in [7, 11) is 1.29. The van der Waals surface area contributed by atoms with Crippen molar-refractivity contribution in [3.8, 4) is 0 Å². The van der Waals surface area contributed by atoms with Crippen LogP contribution in [0.2, 0.25) is 0 Å². The van der Waals surface area contributed by atoms with Gasteiger partial charge < -0.3 is 20.1 Å². The van der Waals surface area contributed by atoms with E-state index in [0.29, 0.717) is 11.3 Å². The minimum Gasteiger partial charge on any atom is -0.465 e. The summed E-state index contributed by atoms with van der Waals surface area (Å²) in [5.74, 6) is -3.07. The lowest BCUT2D eigenvalue weighted by molar-refractivity contribution is -0.134. The molecule has 2 saturated heterocycles. The van der Waals surface area contributed by atoms with E-state index in [1.807, 2.05) is 26.8 Å². The van der Waals surface area contributed by atoms with E-state index in [2.05, 4.69) is 10.6 Å². The number of hydrogen-bond acceptors (Lipinski definition) is 6. The molecule has 5 atom stereocenters. The fraction of sp³-hybridized carbons (Fsp3) is 0.538. The van der Waals surface area contributed by atoms with Crippen LogP contribution in [0.3, 0.4) is 0 Å². The van der Waals surface area contributed by atoms with Crippen molar-refractivity contribution in [2.24, 2.45) is 11.8 Å². The zero-order chi connectivity index (χ0) is 25.3. The first-order valence-corrected chi connectivity index (χ1v) is 11.9. The van der Waals surface area contributed by atoms with E-state index in [0.717, 1.165) is 12.8 Å². The van der Waals surface area contributed by atoms with Crippen LogP contribution in [0.15, 0.2) is 36.4 Å². The molecule has 4 aliphatic rings. The van der Waals surface area contributed by atoms with Crippen molar-refractivity contribution in [1.82, 2.24) is 10.6 Å². The normalized spacial score (nSPS) is 33.0. The topological polar surface area (TPSA) is 114 Å². The number of carbonyl (C=O) groups excluding carboxylic acids is 4. The number of ether oxygens (including phenoxy) is 2. The van der Waals surface area contributed by atoms with Gasteiger partial charge in [-0.15, -0.1) is 0 Å². The summed E-state index contributed by atoms with van der Waals surface area (Å²) in [4.78, 5) is 54.4. The first-order chi connectivity index (χ1) is 16.4. The van der Waals surface area contributed by atoms with Crippen LogP contribution < -0.4 is 15.5 Å². The molecular weight excluding hydrogens is 450 g/mol. The molecule has 186 valence electrons. The molecule has 2 N–H and O–H groups in total. The SMILES string of the molecule is COC(=O)c1ccc(N2C(=O)[C@@H]3[C@H](C(=O)NC4CC4)[C@]4(C)C=C[C@]3(O4)[C@H]2C(=O)NC(C)(C)C)cc1. The molecule has 3 heterocycles. The van der Waals surface area contributed by atoms with Crippen LogP contribution in [0.5, 0.6) is 0 Å². The Kier molecular flexibility index (Phi) is 5.14. The second-order valence-corrected chi connectivity index (χ2v) is 11.1. The highest BCUT2D eigenvalue weighted by Crippen LogP contribution is 2.60. The Hall–Kier alpha value is -3.20. The zero-order valence-corrected chi connectivity index (χ0v) is 20.6. The predicted octanol–water partition coefficient (Wildman–Crippen LogP) is 1.71. The lowest BCUT2D eigenvalue weighted by atomic mass is 9.70. The maximum Gasteiger partial charge on any atom is 0.337 e. The van der Waals surface area contributed by atoms with Crippen LogP contribution in [-0.2, 0) is 23.9 Å². The third-order valence-electron chi connectivity index (χ3n) is 7.22. The first kappa shape index (κ1) is 23.5. The van der Waals surface area contributed by atoms with Crippen molar-refractivity contribution in [3.63, 3.8) is 0 Å². The van der Waals surface area contributed by atoms with Gasteiger partial charge in [-0.25, -0.2) is 4.79 Å². The van der Waals surface area contributed by atoms with E-state index < -0.39 is 40.6 Å². The van der Waals surface area contributed by atoms with Crippen molar-refractivity contribution in [2.75, 3.05) is 12.0 Å². The molecule has 0 aromatic heterocycles. The number of rotatable bonds is 5. The Balaban J connectivity index is 1.58. The van der Waals surface area contributed by atoms with Crippen molar-refractivity contribution < 1.29 is 28.7 Å². The van der Waals surface area contributed by atoms with Gasteiger partial charge in [-0.2, -0.15) is 0 Å². The van der Waals surface area contributed by atoms with Gasteiger partial charge in [0, 0.05) is 17.3 Å². The van der Waals surface area contributed by atoms with Crippen LogP contribution in [0, 0.1) is 11.8 Å². The van der Waals surface area contributed by atoms with E-state index in [9.17, 15) is 19.2 Å². The van der Waals surface area contributed by atoms with Crippen molar-refractivity contribution >= 4 is 29.4 Å². The Morgan fingerprint density at radius 1 is 1.09 bits per heavy atom. The number of nitrogens with one attached hydrogen (secondary N) is 2. The van der Waals surface area contributed by atoms with Crippen molar-refractivity contribution in [1.29, 1.82) is 0 Å². The summed E-state index contributed by atoms with van der Waals surface area (Å²) < 4.78 is 11.3. The average molecular weight is 482 g/mol. The third-order valence-corrected chi connectivity index (χ3v) is 7.22. The summed E-state index contributed by atoms with van der Waals surface area (Å²) >= 11 is 0. The standard InChI is InChI=1S/C26H31N3O6/c1-24(2,3)28-21(31)19-26-13-12-25(4,35-26)17(20(30)27-15-8-9-15)18(26)22(32)29(19)16-10-6-14(7-11-16)23(33)34-5/h6-7,10-13,15,17-19H,8-9H2,1-5H3,(H,27,30)(H,28,31)/t17-,18+,19-,25+,26-/m1/s1. The number of nitrogens with zero attached hydrogens (tertiary/aromatic N) is 1. The molecule has 9 nitrogen and oxygen atoms in total. The number of fused-ring (bicyclic) bond motifs is 1. The molecule has 5 rings (SSSR count). The van der Waals surface area contributed by atoms with Crippen molar-refractivity contribution in [3.05, 3.63) is 42.0 Å².